The molecule has 94 valence electrons. The first kappa shape index (κ1) is 13.1. The van der Waals surface area contributed by atoms with Crippen LogP contribution in [0.4, 0.5) is 10.1 Å². The van der Waals surface area contributed by atoms with Gasteiger partial charge in [0.15, 0.2) is 0 Å². The maximum Gasteiger partial charge on any atom is 0.124 e. The Kier molecular flexibility index (Phi) is 4.62. The first-order chi connectivity index (χ1) is 8.20. The summed E-state index contributed by atoms with van der Waals surface area (Å²) in [5.41, 5.74) is 1.16. The van der Waals surface area contributed by atoms with Crippen molar-refractivity contribution in [3.63, 3.8) is 0 Å². The fourth-order valence-corrected chi connectivity index (χ4v) is 3.21. The number of benzene rings is 1. The van der Waals surface area contributed by atoms with E-state index < -0.39 is 0 Å². The molecule has 1 saturated heterocycles. The van der Waals surface area contributed by atoms with E-state index in [0.717, 1.165) is 28.9 Å². The van der Waals surface area contributed by atoms with Crippen LogP contribution in [0.3, 0.4) is 0 Å². The third kappa shape index (κ3) is 3.31. The number of rotatable bonds is 3. The van der Waals surface area contributed by atoms with Gasteiger partial charge >= 0.3 is 0 Å². The maximum atomic E-state index is 13.1. The van der Waals surface area contributed by atoms with Gasteiger partial charge in [0, 0.05) is 22.7 Å². The minimum absolute atomic E-state index is 0.154. The summed E-state index contributed by atoms with van der Waals surface area (Å²) in [5, 5.41) is 3.50. The Morgan fingerprint density at radius 2 is 2.35 bits per heavy atom. The third-order valence-electron chi connectivity index (χ3n) is 3.16. The van der Waals surface area contributed by atoms with Crippen LogP contribution in [0.2, 0.25) is 0 Å². The quantitative estimate of drug-likeness (QED) is 0.845. The molecule has 1 atom stereocenters. The maximum absolute atomic E-state index is 13.1. The molecule has 0 saturated carbocycles. The molecule has 1 heterocycles. The standard InChI is InChI=1S/C13H18FIN2/c1-2-16-11-4-3-7-17(9-11)13-6-5-10(14)8-12(13)15/h5-6,8,11,16H,2-4,7,9H2,1H3. The van der Waals surface area contributed by atoms with Gasteiger partial charge in [0.05, 0.1) is 5.69 Å². The number of halogens is 2. The van der Waals surface area contributed by atoms with Crippen molar-refractivity contribution in [1.29, 1.82) is 0 Å². The van der Waals surface area contributed by atoms with E-state index in [-0.39, 0.29) is 5.82 Å². The predicted molar refractivity (Wildman–Crippen MR) is 78.0 cm³/mol. The lowest BCUT2D eigenvalue weighted by atomic mass is 10.0. The molecule has 1 aromatic rings. The summed E-state index contributed by atoms with van der Waals surface area (Å²) in [4.78, 5) is 2.36. The molecule has 2 rings (SSSR count). The molecule has 1 aliphatic rings. The summed E-state index contributed by atoms with van der Waals surface area (Å²) >= 11 is 2.21. The van der Waals surface area contributed by atoms with Crippen LogP contribution < -0.4 is 10.2 Å². The first-order valence-corrected chi connectivity index (χ1v) is 7.22. The zero-order chi connectivity index (χ0) is 12.3. The van der Waals surface area contributed by atoms with Crippen molar-refractivity contribution in [1.82, 2.24) is 5.32 Å². The van der Waals surface area contributed by atoms with E-state index in [0.29, 0.717) is 6.04 Å². The van der Waals surface area contributed by atoms with E-state index in [1.165, 1.54) is 12.8 Å². The van der Waals surface area contributed by atoms with Crippen LogP contribution in [0.1, 0.15) is 19.8 Å². The van der Waals surface area contributed by atoms with E-state index >= 15 is 0 Å². The summed E-state index contributed by atoms with van der Waals surface area (Å²) in [6.45, 7) is 5.25. The van der Waals surface area contributed by atoms with Crippen molar-refractivity contribution < 1.29 is 4.39 Å². The van der Waals surface area contributed by atoms with Crippen LogP contribution in [0.25, 0.3) is 0 Å². The predicted octanol–water partition coefficient (Wildman–Crippen LogP) is 3.01. The Bertz CT molecular complexity index is 382. The number of hydrogen-bond donors (Lipinski definition) is 1. The lowest BCUT2D eigenvalue weighted by Gasteiger charge is -2.35. The summed E-state index contributed by atoms with van der Waals surface area (Å²) in [6, 6.07) is 5.61. The van der Waals surface area contributed by atoms with Gasteiger partial charge in [-0.2, -0.15) is 0 Å². The summed E-state index contributed by atoms with van der Waals surface area (Å²) in [6.07, 6.45) is 2.44. The molecule has 1 unspecified atom stereocenters. The Labute approximate surface area is 116 Å². The van der Waals surface area contributed by atoms with Gasteiger partial charge in [0.2, 0.25) is 0 Å². The molecule has 4 heteroatoms. The molecule has 0 amide bonds. The normalized spacial score (nSPS) is 20.6. The van der Waals surface area contributed by atoms with Crippen LogP contribution in [0, 0.1) is 9.39 Å². The minimum atomic E-state index is -0.154. The first-order valence-electron chi connectivity index (χ1n) is 6.14. The summed E-state index contributed by atoms with van der Waals surface area (Å²) in [7, 11) is 0. The second-order valence-corrected chi connectivity index (χ2v) is 5.60. The minimum Gasteiger partial charge on any atom is -0.369 e. The number of nitrogens with zero attached hydrogens (tertiary/aromatic N) is 1. The number of likely N-dealkylation sites (N-methyl/N-ethyl adjacent to an activating group) is 1. The number of hydrogen-bond acceptors (Lipinski definition) is 2. The highest BCUT2D eigenvalue weighted by Gasteiger charge is 2.20. The average Bonchev–Trinajstić information content (AvgIpc) is 2.29. The van der Waals surface area contributed by atoms with Crippen molar-refractivity contribution in [2.75, 3.05) is 24.5 Å². The highest BCUT2D eigenvalue weighted by atomic mass is 127. The third-order valence-corrected chi connectivity index (χ3v) is 4.03. The Morgan fingerprint density at radius 3 is 3.06 bits per heavy atom. The molecular formula is C13H18FIN2. The van der Waals surface area contributed by atoms with Gasteiger partial charge in [-0.15, -0.1) is 0 Å². The molecule has 1 aromatic carbocycles. The van der Waals surface area contributed by atoms with Crippen LogP contribution in [0.15, 0.2) is 18.2 Å². The Morgan fingerprint density at radius 1 is 1.53 bits per heavy atom. The summed E-state index contributed by atoms with van der Waals surface area (Å²) < 4.78 is 14.1. The molecule has 1 N–H and O–H groups in total. The molecule has 0 aromatic heterocycles. The zero-order valence-corrected chi connectivity index (χ0v) is 12.2. The van der Waals surface area contributed by atoms with Crippen molar-refractivity contribution in [3.05, 3.63) is 27.6 Å². The van der Waals surface area contributed by atoms with E-state index in [9.17, 15) is 4.39 Å². The lowest BCUT2D eigenvalue weighted by Crippen LogP contribution is -2.45. The monoisotopic (exact) mass is 348 g/mol. The SMILES string of the molecule is CCNC1CCCN(c2ccc(F)cc2I)C1. The Hall–Kier alpha value is -0.360. The zero-order valence-electron chi connectivity index (χ0n) is 10.0. The van der Waals surface area contributed by atoms with Crippen LogP contribution in [0.5, 0.6) is 0 Å². The van der Waals surface area contributed by atoms with Crippen molar-refractivity contribution in [2.45, 2.75) is 25.8 Å². The fraction of sp³-hybridized carbons (Fsp3) is 0.538. The molecule has 1 fully saturated rings. The van der Waals surface area contributed by atoms with Gasteiger partial charge in [0.25, 0.3) is 0 Å². The van der Waals surface area contributed by atoms with Crippen molar-refractivity contribution in [2.24, 2.45) is 0 Å². The fourth-order valence-electron chi connectivity index (χ4n) is 2.39. The molecule has 2 nitrogen and oxygen atoms in total. The van der Waals surface area contributed by atoms with Gasteiger partial charge in [-0.05, 0) is 60.2 Å². The lowest BCUT2D eigenvalue weighted by molar-refractivity contribution is 0.431. The molecule has 0 radical (unpaired) electrons. The van der Waals surface area contributed by atoms with Crippen LogP contribution in [-0.2, 0) is 0 Å². The van der Waals surface area contributed by atoms with E-state index in [1.54, 1.807) is 12.1 Å². The summed E-state index contributed by atoms with van der Waals surface area (Å²) in [5.74, 6) is -0.154. The molecule has 0 spiro atoms. The van der Waals surface area contributed by atoms with Crippen molar-refractivity contribution in [3.8, 4) is 0 Å². The second kappa shape index (κ2) is 6.00. The average molecular weight is 348 g/mol. The van der Waals surface area contributed by atoms with E-state index in [1.807, 2.05) is 6.07 Å². The largest absolute Gasteiger partial charge is 0.369 e. The Balaban J connectivity index is 2.10. The number of nitrogens with one attached hydrogen (secondary N) is 1. The van der Waals surface area contributed by atoms with Crippen LogP contribution in [-0.4, -0.2) is 25.7 Å². The molecule has 0 bridgehead atoms. The van der Waals surface area contributed by atoms with Crippen molar-refractivity contribution >= 4 is 28.3 Å². The smallest absolute Gasteiger partial charge is 0.124 e. The van der Waals surface area contributed by atoms with E-state index in [2.05, 4.69) is 39.7 Å². The van der Waals surface area contributed by atoms with Crippen LogP contribution >= 0.6 is 22.6 Å². The highest BCUT2D eigenvalue weighted by Crippen LogP contribution is 2.26. The second-order valence-electron chi connectivity index (χ2n) is 4.44. The molecule has 1 aliphatic heterocycles. The van der Waals surface area contributed by atoms with Gasteiger partial charge < -0.3 is 10.2 Å². The van der Waals surface area contributed by atoms with Gasteiger partial charge in [-0.1, -0.05) is 6.92 Å². The van der Waals surface area contributed by atoms with Gasteiger partial charge in [-0.3, -0.25) is 0 Å². The molecule has 0 aliphatic carbocycles. The molecular weight excluding hydrogens is 330 g/mol. The number of piperidine rings is 1. The number of anilines is 1. The molecule has 17 heavy (non-hydrogen) atoms. The highest BCUT2D eigenvalue weighted by molar-refractivity contribution is 14.1. The topological polar surface area (TPSA) is 15.3 Å². The van der Waals surface area contributed by atoms with E-state index in [4.69, 9.17) is 0 Å². The van der Waals surface area contributed by atoms with Gasteiger partial charge in [0.1, 0.15) is 5.82 Å². The van der Waals surface area contributed by atoms with Gasteiger partial charge in [-0.25, -0.2) is 4.39 Å².